The highest BCUT2D eigenvalue weighted by Crippen LogP contribution is 2.29. The third-order valence-corrected chi connectivity index (χ3v) is 3.46. The summed E-state index contributed by atoms with van der Waals surface area (Å²) in [7, 11) is 4.69. The third-order valence-electron chi connectivity index (χ3n) is 3.46. The molecule has 1 aromatic heterocycles. The number of benzene rings is 1. The van der Waals surface area contributed by atoms with E-state index in [2.05, 4.69) is 15.6 Å². The second-order valence-electron chi connectivity index (χ2n) is 5.02. The summed E-state index contributed by atoms with van der Waals surface area (Å²) < 4.78 is 15.5. The first kappa shape index (κ1) is 17.4. The molecule has 7 heteroatoms. The van der Waals surface area contributed by atoms with Crippen LogP contribution in [0.15, 0.2) is 36.5 Å². The number of nitrogens with zero attached hydrogens (tertiary/aromatic N) is 1. The molecule has 0 radical (unpaired) electrons. The molecule has 1 unspecified atom stereocenters. The van der Waals surface area contributed by atoms with Crippen molar-refractivity contribution in [1.29, 1.82) is 0 Å². The van der Waals surface area contributed by atoms with Gasteiger partial charge in [0, 0.05) is 6.07 Å². The summed E-state index contributed by atoms with van der Waals surface area (Å²) in [5.41, 5.74) is 1.48. The molecule has 2 aromatic rings. The largest absolute Gasteiger partial charge is 0.493 e. The smallest absolute Gasteiger partial charge is 0.319 e. The molecule has 0 saturated heterocycles. The number of anilines is 1. The van der Waals surface area contributed by atoms with Gasteiger partial charge in [0.05, 0.1) is 39.3 Å². The monoisotopic (exact) mass is 331 g/mol. The van der Waals surface area contributed by atoms with Crippen molar-refractivity contribution < 1.29 is 19.0 Å². The van der Waals surface area contributed by atoms with Gasteiger partial charge in [-0.15, -0.1) is 0 Å². The molecule has 128 valence electrons. The van der Waals surface area contributed by atoms with E-state index < -0.39 is 0 Å². The van der Waals surface area contributed by atoms with Gasteiger partial charge < -0.3 is 24.8 Å². The van der Waals surface area contributed by atoms with Gasteiger partial charge in [0.1, 0.15) is 0 Å². The summed E-state index contributed by atoms with van der Waals surface area (Å²) in [4.78, 5) is 16.1. The van der Waals surface area contributed by atoms with Gasteiger partial charge in [0.25, 0.3) is 0 Å². The zero-order chi connectivity index (χ0) is 17.5. The summed E-state index contributed by atoms with van der Waals surface area (Å²) in [5, 5.41) is 5.58. The van der Waals surface area contributed by atoms with Gasteiger partial charge in [-0.1, -0.05) is 6.07 Å². The van der Waals surface area contributed by atoms with Gasteiger partial charge in [0.15, 0.2) is 11.5 Å². The van der Waals surface area contributed by atoms with Crippen LogP contribution < -0.4 is 24.8 Å². The zero-order valence-corrected chi connectivity index (χ0v) is 14.1. The molecular formula is C17H21N3O4. The lowest BCUT2D eigenvalue weighted by atomic mass is 10.1. The van der Waals surface area contributed by atoms with Crippen LogP contribution in [0.25, 0.3) is 0 Å². The fourth-order valence-electron chi connectivity index (χ4n) is 2.14. The number of nitrogens with one attached hydrogen (secondary N) is 2. The van der Waals surface area contributed by atoms with Gasteiger partial charge in [-0.25, -0.2) is 9.78 Å². The van der Waals surface area contributed by atoms with E-state index in [1.54, 1.807) is 32.4 Å². The average molecular weight is 331 g/mol. The van der Waals surface area contributed by atoms with Crippen LogP contribution >= 0.6 is 0 Å². The fraction of sp³-hybridized carbons (Fsp3) is 0.294. The first-order valence-electron chi connectivity index (χ1n) is 7.37. The standard InChI is InChI=1S/C17H21N3O4/c1-11(12-5-7-14(22-2)15(9-12)23-3)19-17(21)20-13-6-8-16(24-4)18-10-13/h5-11H,1-4H3,(H2,19,20,21). The molecule has 0 aliphatic rings. The second-order valence-corrected chi connectivity index (χ2v) is 5.02. The summed E-state index contributed by atoms with van der Waals surface area (Å²) in [6.07, 6.45) is 1.53. The normalized spacial score (nSPS) is 11.3. The van der Waals surface area contributed by atoms with Crippen LogP contribution in [0.2, 0.25) is 0 Å². The highest BCUT2D eigenvalue weighted by molar-refractivity contribution is 5.89. The number of rotatable bonds is 6. The molecule has 1 atom stereocenters. The number of carbonyl (C=O) groups excluding carboxylic acids is 1. The molecule has 0 aliphatic carbocycles. The quantitative estimate of drug-likeness (QED) is 0.850. The van der Waals surface area contributed by atoms with E-state index in [9.17, 15) is 4.79 Å². The molecule has 1 aromatic carbocycles. The van der Waals surface area contributed by atoms with Crippen LogP contribution in [0.1, 0.15) is 18.5 Å². The minimum Gasteiger partial charge on any atom is -0.493 e. The number of amides is 2. The predicted molar refractivity (Wildman–Crippen MR) is 90.9 cm³/mol. The molecule has 2 rings (SSSR count). The average Bonchev–Trinajstić information content (AvgIpc) is 2.61. The van der Waals surface area contributed by atoms with Crippen molar-refractivity contribution in [3.8, 4) is 17.4 Å². The molecular weight excluding hydrogens is 310 g/mol. The summed E-state index contributed by atoms with van der Waals surface area (Å²) >= 11 is 0. The number of carbonyl (C=O) groups is 1. The molecule has 0 aliphatic heterocycles. The zero-order valence-electron chi connectivity index (χ0n) is 14.1. The van der Waals surface area contributed by atoms with Gasteiger partial charge >= 0.3 is 6.03 Å². The van der Waals surface area contributed by atoms with Crippen molar-refractivity contribution in [2.75, 3.05) is 26.6 Å². The van der Waals surface area contributed by atoms with Crippen LogP contribution in [0.4, 0.5) is 10.5 Å². The Balaban J connectivity index is 2.00. The van der Waals surface area contributed by atoms with Crippen LogP contribution in [0.5, 0.6) is 17.4 Å². The number of pyridine rings is 1. The van der Waals surface area contributed by atoms with E-state index in [-0.39, 0.29) is 12.1 Å². The number of hydrogen-bond acceptors (Lipinski definition) is 5. The SMILES string of the molecule is COc1ccc(NC(=O)NC(C)c2ccc(OC)c(OC)c2)cn1. The molecule has 2 amide bonds. The fourth-order valence-corrected chi connectivity index (χ4v) is 2.14. The second kappa shape index (κ2) is 8.05. The van der Waals surface area contributed by atoms with Crippen LogP contribution in [0.3, 0.4) is 0 Å². The van der Waals surface area contributed by atoms with E-state index >= 15 is 0 Å². The van der Waals surface area contributed by atoms with E-state index in [1.165, 1.54) is 13.3 Å². The number of ether oxygens (including phenoxy) is 3. The van der Waals surface area contributed by atoms with Crippen LogP contribution in [-0.2, 0) is 0 Å². The van der Waals surface area contributed by atoms with Crippen molar-refractivity contribution in [2.45, 2.75) is 13.0 Å². The Hall–Kier alpha value is -2.96. The predicted octanol–water partition coefficient (Wildman–Crippen LogP) is 2.99. The van der Waals surface area contributed by atoms with Crippen LogP contribution in [0, 0.1) is 0 Å². The first-order chi connectivity index (χ1) is 11.6. The maximum Gasteiger partial charge on any atom is 0.319 e. The van der Waals surface area contributed by atoms with E-state index in [1.807, 2.05) is 19.1 Å². The van der Waals surface area contributed by atoms with Crippen molar-refractivity contribution in [2.24, 2.45) is 0 Å². The van der Waals surface area contributed by atoms with E-state index in [0.29, 0.717) is 23.1 Å². The minimum absolute atomic E-state index is 0.212. The highest BCUT2D eigenvalue weighted by atomic mass is 16.5. The Bertz CT molecular complexity index is 689. The van der Waals surface area contributed by atoms with Gasteiger partial charge in [-0.3, -0.25) is 0 Å². The van der Waals surface area contributed by atoms with Crippen molar-refractivity contribution in [3.05, 3.63) is 42.1 Å². The Labute approximate surface area is 140 Å². The summed E-state index contributed by atoms with van der Waals surface area (Å²) in [5.74, 6) is 1.74. The maximum atomic E-state index is 12.1. The lowest BCUT2D eigenvalue weighted by Crippen LogP contribution is -2.31. The number of urea groups is 1. The molecule has 1 heterocycles. The third kappa shape index (κ3) is 4.28. The van der Waals surface area contributed by atoms with Gasteiger partial charge in [-0.05, 0) is 30.7 Å². The number of hydrogen-bond donors (Lipinski definition) is 2. The molecule has 7 nitrogen and oxygen atoms in total. The Morgan fingerprint density at radius 1 is 1.04 bits per heavy atom. The lowest BCUT2D eigenvalue weighted by Gasteiger charge is -2.17. The highest BCUT2D eigenvalue weighted by Gasteiger charge is 2.13. The maximum absolute atomic E-state index is 12.1. The Kier molecular flexibility index (Phi) is 5.83. The van der Waals surface area contributed by atoms with Crippen molar-refractivity contribution in [1.82, 2.24) is 10.3 Å². The molecule has 2 N–H and O–H groups in total. The minimum atomic E-state index is -0.329. The van der Waals surface area contributed by atoms with Gasteiger partial charge in [0.2, 0.25) is 5.88 Å². The number of methoxy groups -OCH3 is 3. The lowest BCUT2D eigenvalue weighted by molar-refractivity contribution is 0.249. The molecule has 0 bridgehead atoms. The first-order valence-corrected chi connectivity index (χ1v) is 7.37. The Morgan fingerprint density at radius 2 is 1.79 bits per heavy atom. The Morgan fingerprint density at radius 3 is 2.38 bits per heavy atom. The molecule has 0 fully saturated rings. The molecule has 0 saturated carbocycles. The number of aromatic nitrogens is 1. The van der Waals surface area contributed by atoms with E-state index in [4.69, 9.17) is 14.2 Å². The van der Waals surface area contributed by atoms with Gasteiger partial charge in [-0.2, -0.15) is 0 Å². The topological polar surface area (TPSA) is 81.7 Å². The molecule has 0 spiro atoms. The molecule has 24 heavy (non-hydrogen) atoms. The van der Waals surface area contributed by atoms with Crippen molar-refractivity contribution >= 4 is 11.7 Å². The summed E-state index contributed by atoms with van der Waals surface area (Å²) in [6, 6.07) is 8.36. The van der Waals surface area contributed by atoms with E-state index in [0.717, 1.165) is 5.56 Å². The van der Waals surface area contributed by atoms with Crippen molar-refractivity contribution in [3.63, 3.8) is 0 Å². The summed E-state index contributed by atoms with van der Waals surface area (Å²) in [6.45, 7) is 1.88. The van der Waals surface area contributed by atoms with Crippen LogP contribution in [-0.4, -0.2) is 32.3 Å².